The highest BCUT2D eigenvalue weighted by Gasteiger charge is 2.30. The number of nitrogen functional groups attached to an aromatic ring is 1. The lowest BCUT2D eigenvalue weighted by Crippen LogP contribution is -2.46. The van der Waals surface area contributed by atoms with E-state index in [1.807, 2.05) is 13.8 Å². The van der Waals surface area contributed by atoms with Crippen molar-refractivity contribution in [3.05, 3.63) is 16.1 Å². The first-order valence-corrected chi connectivity index (χ1v) is 7.29. The van der Waals surface area contributed by atoms with Gasteiger partial charge in [0.25, 0.3) is 5.91 Å². The fraction of sp³-hybridized carbons (Fsp3) is 0.462. The Labute approximate surface area is 120 Å². The van der Waals surface area contributed by atoms with Gasteiger partial charge in [-0.25, -0.2) is 0 Å². The number of nitrogens with one attached hydrogen (secondary N) is 1. The Kier molecular flexibility index (Phi) is 3.10. The average Bonchev–Trinajstić information content (AvgIpc) is 2.70. The van der Waals surface area contributed by atoms with Gasteiger partial charge in [-0.05, 0) is 32.3 Å². The van der Waals surface area contributed by atoms with E-state index in [-0.39, 0.29) is 18.1 Å². The summed E-state index contributed by atoms with van der Waals surface area (Å²) in [5, 5.41) is 21.1. The van der Waals surface area contributed by atoms with E-state index in [1.165, 1.54) is 11.3 Å². The summed E-state index contributed by atoms with van der Waals surface area (Å²) < 4.78 is 0. The molecule has 20 heavy (non-hydrogen) atoms. The standard InChI is InChI=1S/C13H16N4O2S/c1-5-6(2)16-17-13-9(5)10(14)11(20-13)12(19)15-7-3-8(18)4-7/h7-8,18H,3-4,14H2,1-2H3,(H,15,19). The zero-order valence-corrected chi connectivity index (χ0v) is 12.1. The number of hydrogen-bond donors (Lipinski definition) is 3. The van der Waals surface area contributed by atoms with Crippen LogP contribution in [0.2, 0.25) is 0 Å². The van der Waals surface area contributed by atoms with Crippen molar-refractivity contribution in [2.45, 2.75) is 38.8 Å². The Bertz CT molecular complexity index is 691. The highest BCUT2D eigenvalue weighted by molar-refractivity contribution is 7.21. The van der Waals surface area contributed by atoms with Crippen molar-refractivity contribution in [2.75, 3.05) is 5.73 Å². The highest BCUT2D eigenvalue weighted by atomic mass is 32.1. The van der Waals surface area contributed by atoms with Crippen molar-refractivity contribution in [1.29, 1.82) is 0 Å². The Morgan fingerprint density at radius 3 is 2.75 bits per heavy atom. The molecule has 3 rings (SSSR count). The minimum atomic E-state index is -0.296. The number of hydrogen-bond acceptors (Lipinski definition) is 6. The Balaban J connectivity index is 1.94. The number of nitrogens with two attached hydrogens (primary N) is 1. The van der Waals surface area contributed by atoms with E-state index in [2.05, 4.69) is 15.5 Å². The van der Waals surface area contributed by atoms with E-state index in [0.29, 0.717) is 28.2 Å². The SMILES string of the molecule is Cc1nnc2sc(C(=O)NC3CC(O)C3)c(N)c2c1C. The third-order valence-corrected chi connectivity index (χ3v) is 4.88. The molecule has 0 bridgehead atoms. The molecule has 0 spiro atoms. The predicted molar refractivity (Wildman–Crippen MR) is 77.8 cm³/mol. The van der Waals surface area contributed by atoms with Crippen molar-refractivity contribution in [1.82, 2.24) is 15.5 Å². The van der Waals surface area contributed by atoms with Gasteiger partial charge in [0.2, 0.25) is 0 Å². The van der Waals surface area contributed by atoms with E-state index in [9.17, 15) is 9.90 Å². The molecule has 0 radical (unpaired) electrons. The van der Waals surface area contributed by atoms with Crippen LogP contribution in [0.4, 0.5) is 5.69 Å². The zero-order valence-electron chi connectivity index (χ0n) is 11.3. The summed E-state index contributed by atoms with van der Waals surface area (Å²) >= 11 is 1.26. The van der Waals surface area contributed by atoms with Gasteiger partial charge in [-0.15, -0.1) is 16.4 Å². The number of aliphatic hydroxyl groups excluding tert-OH is 1. The molecular weight excluding hydrogens is 276 g/mol. The molecule has 1 fully saturated rings. The fourth-order valence-electron chi connectivity index (χ4n) is 2.37. The lowest BCUT2D eigenvalue weighted by Gasteiger charge is -2.31. The molecule has 0 aromatic carbocycles. The van der Waals surface area contributed by atoms with Crippen molar-refractivity contribution in [3.63, 3.8) is 0 Å². The number of thiophene rings is 1. The van der Waals surface area contributed by atoms with Crippen molar-refractivity contribution < 1.29 is 9.90 Å². The summed E-state index contributed by atoms with van der Waals surface area (Å²) in [6.45, 7) is 3.80. The first kappa shape index (κ1) is 13.3. The van der Waals surface area contributed by atoms with Gasteiger partial charge >= 0.3 is 0 Å². The van der Waals surface area contributed by atoms with Crippen LogP contribution in [0.15, 0.2) is 0 Å². The second-order valence-corrected chi connectivity index (χ2v) is 6.23. The molecule has 2 aromatic heterocycles. The summed E-state index contributed by atoms with van der Waals surface area (Å²) in [6.07, 6.45) is 0.916. The molecule has 1 saturated carbocycles. The number of carbonyl (C=O) groups excluding carboxylic acids is 1. The molecule has 1 aliphatic carbocycles. The molecule has 0 unspecified atom stereocenters. The van der Waals surface area contributed by atoms with Crippen molar-refractivity contribution >= 4 is 33.1 Å². The van der Waals surface area contributed by atoms with Gasteiger partial charge in [0.05, 0.1) is 17.5 Å². The van der Waals surface area contributed by atoms with Crippen LogP contribution >= 0.6 is 11.3 Å². The number of aromatic nitrogens is 2. The van der Waals surface area contributed by atoms with E-state index in [0.717, 1.165) is 16.6 Å². The molecule has 2 heterocycles. The summed E-state index contributed by atoms with van der Waals surface area (Å²) in [7, 11) is 0. The van der Waals surface area contributed by atoms with Crippen LogP contribution in [0.25, 0.3) is 10.2 Å². The van der Waals surface area contributed by atoms with Crippen LogP contribution in [0.5, 0.6) is 0 Å². The van der Waals surface area contributed by atoms with Gasteiger partial charge < -0.3 is 16.2 Å². The summed E-state index contributed by atoms with van der Waals surface area (Å²) in [4.78, 5) is 13.4. The van der Waals surface area contributed by atoms with Gasteiger partial charge in [0, 0.05) is 11.4 Å². The lowest BCUT2D eigenvalue weighted by atomic mass is 9.89. The smallest absolute Gasteiger partial charge is 0.263 e. The Hall–Kier alpha value is -1.73. The summed E-state index contributed by atoms with van der Waals surface area (Å²) in [5.41, 5.74) is 8.35. The van der Waals surface area contributed by atoms with Crippen LogP contribution in [0, 0.1) is 13.8 Å². The predicted octanol–water partition coefficient (Wildman–Crippen LogP) is 1.14. The highest BCUT2D eigenvalue weighted by Crippen LogP contribution is 2.35. The van der Waals surface area contributed by atoms with Crippen LogP contribution in [-0.2, 0) is 0 Å². The van der Waals surface area contributed by atoms with Crippen molar-refractivity contribution in [2.24, 2.45) is 0 Å². The third kappa shape index (κ3) is 2.03. The number of carbonyl (C=O) groups is 1. The minimum absolute atomic E-state index is 0.0380. The average molecular weight is 292 g/mol. The number of fused-ring (bicyclic) bond motifs is 1. The molecule has 106 valence electrons. The van der Waals surface area contributed by atoms with Gasteiger partial charge in [-0.1, -0.05) is 0 Å². The Morgan fingerprint density at radius 1 is 1.40 bits per heavy atom. The molecule has 4 N–H and O–H groups in total. The summed E-state index contributed by atoms with van der Waals surface area (Å²) in [5.74, 6) is -0.195. The lowest BCUT2D eigenvalue weighted by molar-refractivity contribution is 0.0565. The molecular formula is C13H16N4O2S. The molecule has 2 aromatic rings. The van der Waals surface area contributed by atoms with Crippen molar-refractivity contribution in [3.8, 4) is 0 Å². The number of amides is 1. The monoisotopic (exact) mass is 292 g/mol. The number of anilines is 1. The molecule has 0 aliphatic heterocycles. The number of nitrogens with zero attached hydrogens (tertiary/aromatic N) is 2. The largest absolute Gasteiger partial charge is 0.397 e. The Morgan fingerprint density at radius 2 is 2.10 bits per heavy atom. The van der Waals surface area contributed by atoms with E-state index < -0.39 is 0 Å². The molecule has 0 atom stereocenters. The van der Waals surface area contributed by atoms with E-state index >= 15 is 0 Å². The van der Waals surface area contributed by atoms with E-state index in [4.69, 9.17) is 5.73 Å². The minimum Gasteiger partial charge on any atom is -0.397 e. The van der Waals surface area contributed by atoms with Gasteiger partial charge in [-0.2, -0.15) is 5.10 Å². The second kappa shape index (κ2) is 4.68. The molecule has 0 saturated heterocycles. The van der Waals surface area contributed by atoms with Crippen LogP contribution < -0.4 is 11.1 Å². The maximum absolute atomic E-state index is 12.2. The van der Waals surface area contributed by atoms with Gasteiger partial charge in [0.15, 0.2) is 0 Å². The molecule has 7 heteroatoms. The maximum atomic E-state index is 12.2. The third-order valence-electron chi connectivity index (χ3n) is 3.79. The summed E-state index contributed by atoms with van der Waals surface area (Å²) in [6, 6.07) is 0.0380. The quantitative estimate of drug-likeness (QED) is 0.770. The maximum Gasteiger partial charge on any atom is 0.263 e. The fourth-order valence-corrected chi connectivity index (χ4v) is 3.37. The second-order valence-electron chi connectivity index (χ2n) is 5.23. The molecule has 6 nitrogen and oxygen atoms in total. The van der Waals surface area contributed by atoms with Gasteiger partial charge in [0.1, 0.15) is 9.71 Å². The first-order chi connectivity index (χ1) is 9.47. The zero-order chi connectivity index (χ0) is 14.4. The first-order valence-electron chi connectivity index (χ1n) is 6.48. The van der Waals surface area contributed by atoms with Gasteiger partial charge in [-0.3, -0.25) is 4.79 Å². The van der Waals surface area contributed by atoms with Crippen LogP contribution in [0.1, 0.15) is 33.8 Å². The van der Waals surface area contributed by atoms with Crippen LogP contribution in [0.3, 0.4) is 0 Å². The number of aliphatic hydroxyl groups is 1. The van der Waals surface area contributed by atoms with Crippen LogP contribution in [-0.4, -0.2) is 33.4 Å². The number of aryl methyl sites for hydroxylation is 2. The normalized spacial score (nSPS) is 21.8. The molecule has 1 amide bonds. The van der Waals surface area contributed by atoms with E-state index in [1.54, 1.807) is 0 Å². The number of rotatable bonds is 2. The molecule has 1 aliphatic rings. The topological polar surface area (TPSA) is 101 Å².